The average Bonchev–Trinajstić information content (AvgIpc) is 3.23. The summed E-state index contributed by atoms with van der Waals surface area (Å²) in [5.41, 5.74) is 0.860. The van der Waals surface area contributed by atoms with E-state index >= 15 is 4.39 Å². The molecule has 2 heterocycles. The smallest absolute Gasteiger partial charge is 0.341 e. The number of thiazole rings is 1. The molecule has 12 heteroatoms. The Morgan fingerprint density at radius 2 is 1.89 bits per heavy atom. The number of urea groups is 1. The van der Waals surface area contributed by atoms with E-state index in [0.29, 0.717) is 28.1 Å². The molecule has 8 nitrogen and oxygen atoms in total. The molecule has 35 heavy (non-hydrogen) atoms. The molecule has 0 atom stereocenters. The molecule has 2 amide bonds. The summed E-state index contributed by atoms with van der Waals surface area (Å²) < 4.78 is 35.7. The van der Waals surface area contributed by atoms with E-state index < -0.39 is 30.2 Å². The number of halogens is 2. The van der Waals surface area contributed by atoms with Gasteiger partial charge in [0, 0.05) is 42.7 Å². The van der Waals surface area contributed by atoms with Crippen LogP contribution >= 0.6 is 11.3 Å². The zero-order valence-corrected chi connectivity index (χ0v) is 19.6. The molecule has 3 N–H and O–H groups in total. The van der Waals surface area contributed by atoms with Crippen LogP contribution in [0.3, 0.4) is 0 Å². The van der Waals surface area contributed by atoms with Gasteiger partial charge >= 0.3 is 12.0 Å². The number of nitrogens with zero attached hydrogens (tertiary/aromatic N) is 2. The number of nitrogens with one attached hydrogen (secondary N) is 2. The van der Waals surface area contributed by atoms with Gasteiger partial charge in [0.15, 0.2) is 17.6 Å². The molecular weight excluding hydrogens is 473 g/mol. The van der Waals surface area contributed by atoms with Crippen molar-refractivity contribution in [3.05, 3.63) is 60.3 Å². The molecule has 0 saturated carbocycles. The molecular formula is C23H18F2LiN4O4S. The zero-order chi connectivity index (χ0) is 24.2. The van der Waals surface area contributed by atoms with Crippen molar-refractivity contribution in [2.24, 2.45) is 0 Å². The summed E-state index contributed by atoms with van der Waals surface area (Å²) in [5.74, 6) is -2.08. The van der Waals surface area contributed by atoms with E-state index in [1.807, 2.05) is 0 Å². The molecule has 0 fully saturated rings. The van der Waals surface area contributed by atoms with Crippen LogP contribution in [-0.4, -0.2) is 59.1 Å². The topological polar surface area (TPSA) is 113 Å². The summed E-state index contributed by atoms with van der Waals surface area (Å²) in [6, 6.07) is 9.80. The van der Waals surface area contributed by atoms with E-state index in [1.54, 1.807) is 19.1 Å². The number of anilines is 1. The van der Waals surface area contributed by atoms with E-state index in [0.717, 1.165) is 11.3 Å². The number of ether oxygens (including phenoxy) is 1. The quantitative estimate of drug-likeness (QED) is 0.328. The third-order valence-electron chi connectivity index (χ3n) is 4.70. The van der Waals surface area contributed by atoms with Gasteiger partial charge in [-0.2, -0.15) is 0 Å². The van der Waals surface area contributed by atoms with Crippen molar-refractivity contribution < 1.29 is 28.2 Å². The Labute approximate surface area is 214 Å². The monoisotopic (exact) mass is 491 g/mol. The van der Waals surface area contributed by atoms with E-state index in [9.17, 15) is 14.0 Å². The number of rotatable bonds is 7. The van der Waals surface area contributed by atoms with Crippen molar-refractivity contribution in [2.75, 3.05) is 18.5 Å². The van der Waals surface area contributed by atoms with Gasteiger partial charge in [0.05, 0.1) is 4.70 Å². The number of carbonyl (C=O) groups is 2. The maximum Gasteiger partial charge on any atom is 0.341 e. The Morgan fingerprint density at radius 1 is 1.14 bits per heavy atom. The van der Waals surface area contributed by atoms with Gasteiger partial charge in [-0.15, -0.1) is 0 Å². The minimum Gasteiger partial charge on any atom is -0.482 e. The Morgan fingerprint density at radius 3 is 2.54 bits per heavy atom. The van der Waals surface area contributed by atoms with Crippen LogP contribution in [0.2, 0.25) is 0 Å². The van der Waals surface area contributed by atoms with Crippen LogP contribution in [0.25, 0.3) is 32.6 Å². The van der Waals surface area contributed by atoms with Gasteiger partial charge in [0.25, 0.3) is 0 Å². The number of carboxylic acid groups (broad SMARTS) is 1. The van der Waals surface area contributed by atoms with Crippen LogP contribution in [0, 0.1) is 11.6 Å². The van der Waals surface area contributed by atoms with Crippen LogP contribution in [0.5, 0.6) is 5.75 Å². The third-order valence-corrected chi connectivity index (χ3v) is 5.71. The van der Waals surface area contributed by atoms with Crippen molar-refractivity contribution >= 4 is 57.5 Å². The number of fused-ring (bicyclic) bond motifs is 1. The number of carbonyl (C=O) groups excluding carboxylic acids is 1. The fourth-order valence-electron chi connectivity index (χ4n) is 3.25. The molecule has 0 saturated heterocycles. The van der Waals surface area contributed by atoms with Gasteiger partial charge in [0.2, 0.25) is 0 Å². The molecule has 2 aromatic heterocycles. The molecule has 0 bridgehead atoms. The third kappa shape index (κ3) is 5.76. The molecule has 0 aliphatic rings. The Balaban J connectivity index is 0.00000342. The number of hydrogen-bond acceptors (Lipinski definition) is 6. The van der Waals surface area contributed by atoms with Gasteiger partial charge in [-0.05, 0) is 42.8 Å². The van der Waals surface area contributed by atoms with Crippen LogP contribution < -0.4 is 15.4 Å². The number of aromatic nitrogens is 2. The van der Waals surface area contributed by atoms with Crippen molar-refractivity contribution in [3.63, 3.8) is 0 Å². The van der Waals surface area contributed by atoms with Crippen molar-refractivity contribution in [1.29, 1.82) is 0 Å². The largest absolute Gasteiger partial charge is 0.482 e. The van der Waals surface area contributed by atoms with Crippen molar-refractivity contribution in [3.8, 4) is 28.1 Å². The van der Waals surface area contributed by atoms with E-state index in [4.69, 9.17) is 9.84 Å². The number of aliphatic carboxylic acids is 1. The molecule has 175 valence electrons. The Bertz CT molecular complexity index is 1380. The van der Waals surface area contributed by atoms with Crippen LogP contribution in [0.1, 0.15) is 6.92 Å². The number of hydrogen-bond donors (Lipinski definition) is 3. The molecule has 1 radical (unpaired) electrons. The zero-order valence-electron chi connectivity index (χ0n) is 18.8. The second-order valence-corrected chi connectivity index (χ2v) is 8.01. The fourth-order valence-corrected chi connectivity index (χ4v) is 4.22. The first-order chi connectivity index (χ1) is 16.4. The minimum atomic E-state index is -1.12. The van der Waals surface area contributed by atoms with E-state index in [2.05, 4.69) is 20.6 Å². The number of pyridine rings is 1. The maximum atomic E-state index is 15.6. The van der Waals surface area contributed by atoms with E-state index in [-0.39, 0.29) is 40.8 Å². The average molecular weight is 491 g/mol. The van der Waals surface area contributed by atoms with Gasteiger partial charge in [-0.3, -0.25) is 10.3 Å². The molecule has 2 aromatic carbocycles. The van der Waals surface area contributed by atoms with Crippen LogP contribution in [-0.2, 0) is 4.79 Å². The summed E-state index contributed by atoms with van der Waals surface area (Å²) in [5, 5.41) is 14.0. The minimum absolute atomic E-state index is 0. The first-order valence-electron chi connectivity index (χ1n) is 10.1. The van der Waals surface area contributed by atoms with Crippen molar-refractivity contribution in [1.82, 2.24) is 15.3 Å². The number of amides is 2. The molecule has 4 rings (SSSR count). The number of benzene rings is 2. The summed E-state index contributed by atoms with van der Waals surface area (Å²) in [4.78, 5) is 31.0. The number of carboxylic acids is 1. The summed E-state index contributed by atoms with van der Waals surface area (Å²) in [7, 11) is 0. The second kappa shape index (κ2) is 11.3. The second-order valence-electron chi connectivity index (χ2n) is 7.01. The van der Waals surface area contributed by atoms with Crippen molar-refractivity contribution in [2.45, 2.75) is 6.92 Å². The predicted octanol–water partition coefficient (Wildman–Crippen LogP) is 4.53. The van der Waals surface area contributed by atoms with Gasteiger partial charge in [0.1, 0.15) is 22.8 Å². The standard InChI is InChI=1S/C23H18F2N4O4S.Li/c1-2-26-22(32)29-23-28-20-18(25)14(12-5-7-13(8-6-12)33-11-17(30)31)10-15(21(20)34-23)19-16(24)4-3-9-27-19;/h3-10H,2,11H2,1H3,(H,30,31)(H2,26,28,29,32);. The molecule has 0 unspecified atom stereocenters. The normalized spacial score (nSPS) is 10.5. The first-order valence-corrected chi connectivity index (χ1v) is 10.9. The maximum absolute atomic E-state index is 15.6. The summed E-state index contributed by atoms with van der Waals surface area (Å²) in [6.45, 7) is 1.64. The SMILES string of the molecule is CCNC(=O)Nc1nc2c(F)c(-c3ccc(OCC(=O)O)cc3)cc(-c3ncccc3F)c2s1.[Li]. The van der Waals surface area contributed by atoms with Gasteiger partial charge < -0.3 is 15.2 Å². The first kappa shape index (κ1) is 26.1. The predicted molar refractivity (Wildman–Crippen MR) is 130 cm³/mol. The summed E-state index contributed by atoms with van der Waals surface area (Å²) >= 11 is 1.01. The fraction of sp³-hybridized carbons (Fsp3) is 0.130. The Hall–Kier alpha value is -3.52. The van der Waals surface area contributed by atoms with E-state index in [1.165, 1.54) is 36.5 Å². The molecule has 0 spiro atoms. The Kier molecular flexibility index (Phi) is 8.40. The summed E-state index contributed by atoms with van der Waals surface area (Å²) in [6.07, 6.45) is 1.43. The van der Waals surface area contributed by atoms with Crippen LogP contribution in [0.4, 0.5) is 18.7 Å². The molecule has 4 aromatic rings. The van der Waals surface area contributed by atoms with Gasteiger partial charge in [-0.1, -0.05) is 23.5 Å². The molecule has 0 aliphatic heterocycles. The van der Waals surface area contributed by atoms with Gasteiger partial charge in [-0.25, -0.2) is 23.4 Å². The van der Waals surface area contributed by atoms with Crippen LogP contribution in [0.15, 0.2) is 48.7 Å². The molecule has 0 aliphatic carbocycles.